The lowest BCUT2D eigenvalue weighted by Gasteiger charge is -2.11. The lowest BCUT2D eigenvalue weighted by Crippen LogP contribution is -2.07. The molecule has 0 bridgehead atoms. The number of hydrogen-bond acceptors (Lipinski definition) is 2. The van der Waals surface area contributed by atoms with Gasteiger partial charge in [-0.15, -0.1) is 0 Å². The highest BCUT2D eigenvalue weighted by Crippen LogP contribution is 2.22. The summed E-state index contributed by atoms with van der Waals surface area (Å²) in [5.74, 6) is -0.978. The monoisotopic (exact) mass is 313 g/mol. The Labute approximate surface area is 111 Å². The second kappa shape index (κ2) is 5.54. The van der Waals surface area contributed by atoms with E-state index in [1.807, 2.05) is 0 Å². The number of hydrogen-bond donors (Lipinski definition) is 1. The van der Waals surface area contributed by atoms with Crippen LogP contribution in [0.3, 0.4) is 0 Å². The van der Waals surface area contributed by atoms with E-state index in [2.05, 4.69) is 20.9 Å². The molecule has 0 aliphatic rings. The summed E-state index contributed by atoms with van der Waals surface area (Å²) in [6.07, 6.45) is 0.410. The molecule has 0 saturated carbocycles. The van der Waals surface area contributed by atoms with E-state index in [-0.39, 0.29) is 12.1 Å². The smallest absolute Gasteiger partial charge is 0.147 e. The third-order valence-electron chi connectivity index (χ3n) is 2.45. The average molecular weight is 314 g/mol. The van der Waals surface area contributed by atoms with E-state index in [1.54, 1.807) is 6.07 Å². The van der Waals surface area contributed by atoms with Crippen molar-refractivity contribution >= 4 is 15.9 Å². The van der Waals surface area contributed by atoms with Crippen LogP contribution in [-0.2, 0) is 6.42 Å². The van der Waals surface area contributed by atoms with Gasteiger partial charge in [0, 0.05) is 17.1 Å². The molecule has 2 nitrogen and oxygen atoms in total. The van der Waals surface area contributed by atoms with Crippen LogP contribution in [0.15, 0.2) is 41.0 Å². The molecule has 1 unspecified atom stereocenters. The zero-order chi connectivity index (χ0) is 13.1. The summed E-state index contributed by atoms with van der Waals surface area (Å²) in [5, 5.41) is 9.90. The Hall–Kier alpha value is -1.33. The summed E-state index contributed by atoms with van der Waals surface area (Å²) in [6.45, 7) is 0. The first-order valence-corrected chi connectivity index (χ1v) is 6.09. The number of aliphatic hydroxyl groups excluding tert-OH is 1. The van der Waals surface area contributed by atoms with E-state index in [0.29, 0.717) is 10.0 Å². The fraction of sp³-hybridized carbons (Fsp3) is 0.154. The van der Waals surface area contributed by atoms with Gasteiger partial charge in [0.25, 0.3) is 0 Å². The number of halogens is 3. The van der Waals surface area contributed by atoms with Gasteiger partial charge in [0.2, 0.25) is 0 Å². The summed E-state index contributed by atoms with van der Waals surface area (Å²) in [7, 11) is 0. The molecule has 5 heteroatoms. The average Bonchev–Trinajstić information content (AvgIpc) is 2.27. The minimum absolute atomic E-state index is 0.0297. The van der Waals surface area contributed by atoms with Crippen molar-refractivity contribution in [1.82, 2.24) is 4.98 Å². The molecule has 18 heavy (non-hydrogen) atoms. The maximum Gasteiger partial charge on any atom is 0.147 e. The van der Waals surface area contributed by atoms with Gasteiger partial charge in [0.05, 0.1) is 0 Å². The molecule has 1 aromatic carbocycles. The Balaban J connectivity index is 2.21. The van der Waals surface area contributed by atoms with Crippen molar-refractivity contribution in [3.63, 3.8) is 0 Å². The Morgan fingerprint density at radius 1 is 1.28 bits per heavy atom. The van der Waals surface area contributed by atoms with Gasteiger partial charge >= 0.3 is 0 Å². The molecule has 1 heterocycles. The molecule has 2 aromatic rings. The third kappa shape index (κ3) is 3.11. The van der Waals surface area contributed by atoms with Crippen LogP contribution in [0.5, 0.6) is 0 Å². The Morgan fingerprint density at radius 3 is 2.72 bits per heavy atom. The molecule has 0 amide bonds. The Kier molecular flexibility index (Phi) is 4.04. The maximum atomic E-state index is 13.4. The SMILES string of the molecule is OC(Cc1cc(F)cc(Br)c1)c1ncccc1F. The van der Waals surface area contributed by atoms with Crippen LogP contribution < -0.4 is 0 Å². The maximum absolute atomic E-state index is 13.4. The molecule has 0 aliphatic carbocycles. The molecule has 2 rings (SSSR count). The van der Waals surface area contributed by atoms with E-state index < -0.39 is 17.7 Å². The van der Waals surface area contributed by atoms with Crippen molar-refractivity contribution < 1.29 is 13.9 Å². The van der Waals surface area contributed by atoms with Gasteiger partial charge in [0.1, 0.15) is 23.4 Å². The lowest BCUT2D eigenvalue weighted by atomic mass is 10.0. The lowest BCUT2D eigenvalue weighted by molar-refractivity contribution is 0.168. The zero-order valence-electron chi connectivity index (χ0n) is 9.28. The summed E-state index contributed by atoms with van der Waals surface area (Å²) >= 11 is 3.16. The van der Waals surface area contributed by atoms with Crippen LogP contribution in [0, 0.1) is 11.6 Å². The highest BCUT2D eigenvalue weighted by atomic mass is 79.9. The minimum atomic E-state index is -1.10. The van der Waals surface area contributed by atoms with E-state index >= 15 is 0 Å². The van der Waals surface area contributed by atoms with E-state index in [1.165, 1.54) is 30.5 Å². The van der Waals surface area contributed by atoms with E-state index in [9.17, 15) is 13.9 Å². The van der Waals surface area contributed by atoms with Gasteiger partial charge in [0.15, 0.2) is 0 Å². The van der Waals surface area contributed by atoms with E-state index in [0.717, 1.165) is 0 Å². The fourth-order valence-corrected chi connectivity index (χ4v) is 2.20. The summed E-state index contributed by atoms with van der Waals surface area (Å²) in [5.41, 5.74) is 0.539. The summed E-state index contributed by atoms with van der Waals surface area (Å²) < 4.78 is 27.1. The predicted molar refractivity (Wildman–Crippen MR) is 67.0 cm³/mol. The number of benzene rings is 1. The zero-order valence-corrected chi connectivity index (χ0v) is 10.9. The van der Waals surface area contributed by atoms with Crippen molar-refractivity contribution in [3.8, 4) is 0 Å². The molecule has 0 fully saturated rings. The van der Waals surface area contributed by atoms with Crippen LogP contribution in [0.25, 0.3) is 0 Å². The van der Waals surface area contributed by atoms with Gasteiger partial charge in [-0.25, -0.2) is 8.78 Å². The number of pyridine rings is 1. The highest BCUT2D eigenvalue weighted by molar-refractivity contribution is 9.10. The number of nitrogens with zero attached hydrogens (tertiary/aromatic N) is 1. The molecule has 0 aliphatic heterocycles. The van der Waals surface area contributed by atoms with E-state index in [4.69, 9.17) is 0 Å². The van der Waals surface area contributed by atoms with Crippen LogP contribution in [0.1, 0.15) is 17.4 Å². The molecule has 1 aromatic heterocycles. The molecular weight excluding hydrogens is 304 g/mol. The molecular formula is C13H10BrF2NO. The molecule has 0 saturated heterocycles. The Bertz CT molecular complexity index is 542. The van der Waals surface area contributed by atoms with Gasteiger partial charge in [-0.05, 0) is 35.9 Å². The second-order valence-corrected chi connectivity index (χ2v) is 4.78. The first-order valence-electron chi connectivity index (χ1n) is 5.29. The minimum Gasteiger partial charge on any atom is -0.386 e. The van der Waals surface area contributed by atoms with Crippen LogP contribution >= 0.6 is 15.9 Å². The van der Waals surface area contributed by atoms with Crippen molar-refractivity contribution in [2.75, 3.05) is 0 Å². The van der Waals surface area contributed by atoms with Crippen LogP contribution in [-0.4, -0.2) is 10.1 Å². The van der Waals surface area contributed by atoms with Gasteiger partial charge in [-0.1, -0.05) is 15.9 Å². The van der Waals surface area contributed by atoms with Gasteiger partial charge in [-0.3, -0.25) is 4.98 Å². The summed E-state index contributed by atoms with van der Waals surface area (Å²) in [6, 6.07) is 6.97. The Morgan fingerprint density at radius 2 is 2.06 bits per heavy atom. The molecule has 0 spiro atoms. The van der Waals surface area contributed by atoms with Crippen LogP contribution in [0.4, 0.5) is 8.78 Å². The molecule has 1 atom stereocenters. The highest BCUT2D eigenvalue weighted by Gasteiger charge is 2.15. The normalized spacial score (nSPS) is 12.4. The topological polar surface area (TPSA) is 33.1 Å². The number of aliphatic hydroxyl groups is 1. The van der Waals surface area contributed by atoms with Crippen molar-refractivity contribution in [2.45, 2.75) is 12.5 Å². The van der Waals surface area contributed by atoms with Crippen molar-refractivity contribution in [3.05, 3.63) is 63.9 Å². The van der Waals surface area contributed by atoms with Gasteiger partial charge < -0.3 is 5.11 Å². The fourth-order valence-electron chi connectivity index (χ4n) is 1.69. The molecule has 1 N–H and O–H groups in total. The number of aromatic nitrogens is 1. The summed E-state index contributed by atoms with van der Waals surface area (Å²) in [4.78, 5) is 3.79. The third-order valence-corrected chi connectivity index (χ3v) is 2.91. The number of rotatable bonds is 3. The quantitative estimate of drug-likeness (QED) is 0.942. The largest absolute Gasteiger partial charge is 0.386 e. The molecule has 94 valence electrons. The predicted octanol–water partition coefficient (Wildman–Crippen LogP) is 3.40. The molecule has 0 radical (unpaired) electrons. The second-order valence-electron chi connectivity index (χ2n) is 3.87. The standard InChI is InChI=1S/C13H10BrF2NO/c14-9-4-8(5-10(15)7-9)6-12(18)13-11(16)2-1-3-17-13/h1-5,7,12,18H,6H2. The van der Waals surface area contributed by atoms with Gasteiger partial charge in [-0.2, -0.15) is 0 Å². The van der Waals surface area contributed by atoms with Crippen LogP contribution in [0.2, 0.25) is 0 Å². The van der Waals surface area contributed by atoms with Crippen molar-refractivity contribution in [2.24, 2.45) is 0 Å². The van der Waals surface area contributed by atoms with Crippen molar-refractivity contribution in [1.29, 1.82) is 0 Å². The first kappa shape index (κ1) is 13.1. The first-order chi connectivity index (χ1) is 8.56.